The number of benzene rings is 3. The Bertz CT molecular complexity index is 1060. The summed E-state index contributed by atoms with van der Waals surface area (Å²) in [6.07, 6.45) is 7.09. The molecule has 33 heavy (non-hydrogen) atoms. The van der Waals surface area contributed by atoms with Gasteiger partial charge in [0, 0.05) is 5.92 Å². The number of rotatable bonds is 5. The molecule has 4 rings (SSSR count). The first-order chi connectivity index (χ1) is 15.6. The summed E-state index contributed by atoms with van der Waals surface area (Å²) in [7, 11) is 0. The Morgan fingerprint density at radius 3 is 1.18 bits per heavy atom. The van der Waals surface area contributed by atoms with E-state index in [1.807, 2.05) is 0 Å². The van der Waals surface area contributed by atoms with Crippen molar-refractivity contribution in [3.05, 3.63) is 128 Å². The fourth-order valence-corrected chi connectivity index (χ4v) is 6.08. The van der Waals surface area contributed by atoms with Gasteiger partial charge in [-0.25, -0.2) is 0 Å². The van der Waals surface area contributed by atoms with Crippen LogP contribution in [-0.2, 0) is 5.41 Å². The van der Waals surface area contributed by atoms with Gasteiger partial charge in [0.2, 0.25) is 0 Å². The van der Waals surface area contributed by atoms with E-state index in [0.717, 1.165) is 0 Å². The van der Waals surface area contributed by atoms with E-state index in [4.69, 9.17) is 0 Å². The molecule has 0 fully saturated rings. The first-order valence-electron chi connectivity index (χ1n) is 12.3. The lowest BCUT2D eigenvalue weighted by Gasteiger charge is -2.43. The highest BCUT2D eigenvalue weighted by Crippen LogP contribution is 2.52. The third-order valence-electron chi connectivity index (χ3n) is 7.12. The predicted octanol–water partition coefficient (Wildman–Crippen LogP) is 8.64. The molecule has 1 aliphatic rings. The van der Waals surface area contributed by atoms with E-state index in [9.17, 15) is 0 Å². The monoisotopic (exact) mass is 434 g/mol. The van der Waals surface area contributed by atoms with Crippen LogP contribution in [0.1, 0.15) is 63.9 Å². The van der Waals surface area contributed by atoms with Crippen molar-refractivity contribution in [3.8, 4) is 0 Å². The molecule has 1 atom stereocenters. The van der Waals surface area contributed by atoms with Crippen LogP contribution in [0.5, 0.6) is 0 Å². The smallest absolute Gasteiger partial charge is 0.0551 e. The predicted molar refractivity (Wildman–Crippen MR) is 143 cm³/mol. The van der Waals surface area contributed by atoms with Gasteiger partial charge in [0.25, 0.3) is 0 Å². The van der Waals surface area contributed by atoms with E-state index in [0.29, 0.717) is 5.92 Å². The van der Waals surface area contributed by atoms with Crippen molar-refractivity contribution >= 4 is 0 Å². The molecule has 0 heteroatoms. The number of allylic oxidation sites excluding steroid dienone is 4. The van der Waals surface area contributed by atoms with Crippen LogP contribution in [0, 0.1) is 53.4 Å². The summed E-state index contributed by atoms with van der Waals surface area (Å²) < 4.78 is 0. The highest BCUT2D eigenvalue weighted by Gasteiger charge is 2.46. The van der Waals surface area contributed by atoms with E-state index >= 15 is 0 Å². The lowest BCUT2D eigenvalue weighted by atomic mass is 9.58. The normalized spacial score (nSPS) is 15.9. The minimum Gasteiger partial charge on any atom is -0.0758 e. The minimum atomic E-state index is -0.298. The topological polar surface area (TPSA) is 0 Å². The second kappa shape index (κ2) is 8.82. The molecule has 0 bridgehead atoms. The fourth-order valence-electron chi connectivity index (χ4n) is 6.08. The van der Waals surface area contributed by atoms with Gasteiger partial charge in [-0.1, -0.05) is 126 Å². The molecule has 0 spiro atoms. The maximum Gasteiger partial charge on any atom is 0.0551 e. The van der Waals surface area contributed by atoms with Gasteiger partial charge in [-0.05, 0) is 64.2 Å². The summed E-state index contributed by atoms with van der Waals surface area (Å²) >= 11 is 0. The second-order valence-electron chi connectivity index (χ2n) is 10.6. The molecule has 0 amide bonds. The lowest BCUT2D eigenvalue weighted by Crippen LogP contribution is -2.39. The van der Waals surface area contributed by atoms with E-state index in [1.54, 1.807) is 0 Å². The third-order valence-corrected chi connectivity index (χ3v) is 7.12. The average Bonchev–Trinajstić information content (AvgIpc) is 3.17. The molecule has 0 nitrogen and oxygen atoms in total. The summed E-state index contributed by atoms with van der Waals surface area (Å²) in [5.74, 6) is 0.744. The molecule has 170 valence electrons. The van der Waals surface area contributed by atoms with Crippen molar-refractivity contribution in [2.45, 2.75) is 60.8 Å². The van der Waals surface area contributed by atoms with Crippen molar-refractivity contribution in [2.24, 2.45) is 11.8 Å². The quantitative estimate of drug-likeness (QED) is 0.352. The van der Waals surface area contributed by atoms with Gasteiger partial charge in [0.15, 0.2) is 0 Å². The van der Waals surface area contributed by atoms with Crippen molar-refractivity contribution < 1.29 is 0 Å². The molecule has 0 radical (unpaired) electrons. The summed E-state index contributed by atoms with van der Waals surface area (Å²) in [6, 6.07) is 21.4. The Morgan fingerprint density at radius 2 is 0.879 bits per heavy atom. The van der Waals surface area contributed by atoms with Crippen molar-refractivity contribution in [2.75, 3.05) is 0 Å². The van der Waals surface area contributed by atoms with Crippen LogP contribution < -0.4 is 0 Å². The SMILES string of the molecule is Cc1cc(C)cc(C(c2cc(C)cc(C)c2)(c2cc(C)cc(C)c2)C2C=CC=C2C(C)C)c1. The van der Waals surface area contributed by atoms with E-state index in [2.05, 4.69) is 128 Å². The zero-order chi connectivity index (χ0) is 23.9. The summed E-state index contributed by atoms with van der Waals surface area (Å²) in [5.41, 5.74) is 13.3. The Balaban J connectivity index is 2.21. The number of hydrogen-bond donors (Lipinski definition) is 0. The maximum atomic E-state index is 2.45. The van der Waals surface area contributed by atoms with Crippen LogP contribution in [0.25, 0.3) is 0 Å². The number of aryl methyl sites for hydroxylation is 6. The van der Waals surface area contributed by atoms with Gasteiger partial charge in [-0.2, -0.15) is 0 Å². The molecule has 3 aromatic rings. The van der Waals surface area contributed by atoms with Crippen LogP contribution in [0.15, 0.2) is 78.4 Å². The lowest BCUT2D eigenvalue weighted by molar-refractivity contribution is 0.471. The molecular formula is C33H38. The van der Waals surface area contributed by atoms with Crippen molar-refractivity contribution in [1.82, 2.24) is 0 Å². The van der Waals surface area contributed by atoms with Crippen LogP contribution in [0.4, 0.5) is 0 Å². The Hall–Kier alpha value is -2.86. The molecule has 3 aromatic carbocycles. The molecular weight excluding hydrogens is 396 g/mol. The van der Waals surface area contributed by atoms with Gasteiger partial charge in [0.05, 0.1) is 5.41 Å². The van der Waals surface area contributed by atoms with Crippen LogP contribution in [-0.4, -0.2) is 0 Å². The molecule has 0 N–H and O–H groups in total. The zero-order valence-corrected chi connectivity index (χ0v) is 21.6. The molecule has 0 aromatic heterocycles. The highest BCUT2D eigenvalue weighted by molar-refractivity contribution is 5.59. The standard InChI is InChI=1S/C33H38/c1-21(2)31-10-9-11-32(31)33(28-15-22(3)12-23(4)16-28,29-17-24(5)13-25(6)18-29)30-19-26(7)14-27(8)20-30/h9-21,32H,1-8H3. The first-order valence-corrected chi connectivity index (χ1v) is 12.3. The molecule has 0 saturated carbocycles. The summed E-state index contributed by atoms with van der Waals surface area (Å²) in [6.45, 7) is 18.0. The van der Waals surface area contributed by atoms with Crippen molar-refractivity contribution in [3.63, 3.8) is 0 Å². The molecule has 0 heterocycles. The Kier molecular flexibility index (Phi) is 6.23. The van der Waals surface area contributed by atoms with Gasteiger partial charge >= 0.3 is 0 Å². The van der Waals surface area contributed by atoms with Gasteiger partial charge < -0.3 is 0 Å². The summed E-state index contributed by atoms with van der Waals surface area (Å²) in [4.78, 5) is 0. The van der Waals surface area contributed by atoms with E-state index in [-0.39, 0.29) is 11.3 Å². The summed E-state index contributed by atoms with van der Waals surface area (Å²) in [5, 5.41) is 0. The average molecular weight is 435 g/mol. The maximum absolute atomic E-state index is 2.45. The molecule has 0 saturated heterocycles. The van der Waals surface area contributed by atoms with Crippen LogP contribution in [0.3, 0.4) is 0 Å². The molecule has 1 aliphatic carbocycles. The molecule has 0 aliphatic heterocycles. The van der Waals surface area contributed by atoms with Gasteiger partial charge in [-0.15, -0.1) is 0 Å². The van der Waals surface area contributed by atoms with E-state index < -0.39 is 0 Å². The van der Waals surface area contributed by atoms with Gasteiger partial charge in [0.1, 0.15) is 0 Å². The third kappa shape index (κ3) is 4.24. The van der Waals surface area contributed by atoms with Crippen LogP contribution >= 0.6 is 0 Å². The highest BCUT2D eigenvalue weighted by atomic mass is 14.5. The first kappa shape index (κ1) is 23.3. The zero-order valence-electron chi connectivity index (χ0n) is 21.6. The molecule has 1 unspecified atom stereocenters. The number of hydrogen-bond acceptors (Lipinski definition) is 0. The van der Waals surface area contributed by atoms with Crippen LogP contribution in [0.2, 0.25) is 0 Å². The fraction of sp³-hybridized carbons (Fsp3) is 0.333. The Morgan fingerprint density at radius 1 is 0.545 bits per heavy atom. The Labute approximate surface area is 201 Å². The minimum absolute atomic E-state index is 0.265. The largest absolute Gasteiger partial charge is 0.0758 e. The van der Waals surface area contributed by atoms with Crippen molar-refractivity contribution in [1.29, 1.82) is 0 Å². The van der Waals surface area contributed by atoms with Gasteiger partial charge in [-0.3, -0.25) is 0 Å². The second-order valence-corrected chi connectivity index (χ2v) is 10.6. The van der Waals surface area contributed by atoms with E-state index in [1.165, 1.54) is 55.6 Å².